The summed E-state index contributed by atoms with van der Waals surface area (Å²) >= 11 is 6.74. The molecule has 0 atom stereocenters. The molecule has 4 nitrogen and oxygen atoms in total. The summed E-state index contributed by atoms with van der Waals surface area (Å²) in [5.74, 6) is 0.951. The summed E-state index contributed by atoms with van der Waals surface area (Å²) in [5, 5.41) is 2.83. The van der Waals surface area contributed by atoms with Crippen molar-refractivity contribution in [3.05, 3.63) is 50.9 Å². The van der Waals surface area contributed by atoms with E-state index >= 15 is 0 Å². The van der Waals surface area contributed by atoms with Gasteiger partial charge in [0.05, 0.1) is 25.5 Å². The Hall–Kier alpha value is -1.53. The molecule has 0 spiro atoms. The van der Waals surface area contributed by atoms with Gasteiger partial charge in [-0.2, -0.15) is 0 Å². The Morgan fingerprint density at radius 1 is 1.05 bits per heavy atom. The smallest absolute Gasteiger partial charge is 0.257 e. The van der Waals surface area contributed by atoms with E-state index in [9.17, 15) is 4.79 Å². The summed E-state index contributed by atoms with van der Waals surface area (Å²) in [5.41, 5.74) is 1.07. The largest absolute Gasteiger partial charge is 0.497 e. The standard InChI is InChI=1S/C15H13Br2NO3/c1-20-10-4-5-12(17)11(8-10)15(19)18-13-7-9(16)3-6-14(13)21-2/h3-8H,1-2H3,(H,18,19). The highest BCUT2D eigenvalue weighted by molar-refractivity contribution is 9.10. The third-order valence-electron chi connectivity index (χ3n) is 2.83. The van der Waals surface area contributed by atoms with Gasteiger partial charge in [0, 0.05) is 8.95 Å². The second-order valence-electron chi connectivity index (χ2n) is 4.14. The fraction of sp³-hybridized carbons (Fsp3) is 0.133. The molecule has 0 saturated carbocycles. The minimum absolute atomic E-state index is 0.253. The van der Waals surface area contributed by atoms with Crippen molar-refractivity contribution in [2.45, 2.75) is 0 Å². The van der Waals surface area contributed by atoms with Gasteiger partial charge < -0.3 is 14.8 Å². The van der Waals surface area contributed by atoms with Gasteiger partial charge in [0.25, 0.3) is 5.91 Å². The van der Waals surface area contributed by atoms with Gasteiger partial charge in [0.15, 0.2) is 0 Å². The van der Waals surface area contributed by atoms with E-state index in [1.807, 2.05) is 6.07 Å². The molecule has 1 amide bonds. The Kier molecular flexibility index (Phi) is 5.25. The monoisotopic (exact) mass is 413 g/mol. The van der Waals surface area contributed by atoms with Gasteiger partial charge in [-0.05, 0) is 52.3 Å². The van der Waals surface area contributed by atoms with Crippen LogP contribution in [0.15, 0.2) is 45.3 Å². The number of hydrogen-bond donors (Lipinski definition) is 1. The number of hydrogen-bond acceptors (Lipinski definition) is 3. The van der Waals surface area contributed by atoms with Crippen molar-refractivity contribution in [2.24, 2.45) is 0 Å². The van der Waals surface area contributed by atoms with Crippen LogP contribution in [0.3, 0.4) is 0 Å². The van der Waals surface area contributed by atoms with E-state index in [0.717, 1.165) is 4.47 Å². The van der Waals surface area contributed by atoms with Crippen molar-refractivity contribution in [3.63, 3.8) is 0 Å². The normalized spacial score (nSPS) is 10.1. The van der Waals surface area contributed by atoms with Crippen LogP contribution in [0.4, 0.5) is 5.69 Å². The molecular weight excluding hydrogens is 402 g/mol. The summed E-state index contributed by atoms with van der Waals surface area (Å²) in [7, 11) is 3.11. The van der Waals surface area contributed by atoms with Crippen LogP contribution >= 0.6 is 31.9 Å². The minimum Gasteiger partial charge on any atom is -0.497 e. The van der Waals surface area contributed by atoms with E-state index in [-0.39, 0.29) is 5.91 Å². The first-order chi connectivity index (χ1) is 10.0. The number of amides is 1. The number of halogens is 2. The molecule has 0 radical (unpaired) electrons. The molecule has 0 fully saturated rings. The van der Waals surface area contributed by atoms with Crippen LogP contribution in [-0.4, -0.2) is 20.1 Å². The highest BCUT2D eigenvalue weighted by Gasteiger charge is 2.14. The van der Waals surface area contributed by atoms with Crippen LogP contribution in [0.2, 0.25) is 0 Å². The van der Waals surface area contributed by atoms with Gasteiger partial charge in [-0.3, -0.25) is 4.79 Å². The van der Waals surface area contributed by atoms with Crippen molar-refractivity contribution in [2.75, 3.05) is 19.5 Å². The third kappa shape index (κ3) is 3.77. The molecule has 0 aliphatic carbocycles. The highest BCUT2D eigenvalue weighted by atomic mass is 79.9. The number of anilines is 1. The van der Waals surface area contributed by atoms with E-state index in [4.69, 9.17) is 9.47 Å². The Morgan fingerprint density at radius 2 is 1.81 bits per heavy atom. The lowest BCUT2D eigenvalue weighted by molar-refractivity contribution is 0.102. The van der Waals surface area contributed by atoms with Crippen LogP contribution in [0.25, 0.3) is 0 Å². The number of methoxy groups -OCH3 is 2. The predicted molar refractivity (Wildman–Crippen MR) is 89.3 cm³/mol. The number of rotatable bonds is 4. The number of carbonyl (C=O) groups excluding carboxylic acids is 1. The molecule has 0 aliphatic heterocycles. The zero-order chi connectivity index (χ0) is 15.4. The lowest BCUT2D eigenvalue weighted by atomic mass is 10.2. The van der Waals surface area contributed by atoms with Crippen molar-refractivity contribution in [1.29, 1.82) is 0 Å². The van der Waals surface area contributed by atoms with Crippen molar-refractivity contribution < 1.29 is 14.3 Å². The molecule has 0 unspecified atom stereocenters. The van der Waals surface area contributed by atoms with Crippen molar-refractivity contribution >= 4 is 43.5 Å². The van der Waals surface area contributed by atoms with Gasteiger partial charge in [-0.15, -0.1) is 0 Å². The van der Waals surface area contributed by atoms with Crippen LogP contribution in [0.1, 0.15) is 10.4 Å². The molecule has 6 heteroatoms. The average molecular weight is 415 g/mol. The fourth-order valence-electron chi connectivity index (χ4n) is 1.77. The first-order valence-electron chi connectivity index (χ1n) is 6.03. The van der Waals surface area contributed by atoms with Gasteiger partial charge >= 0.3 is 0 Å². The van der Waals surface area contributed by atoms with E-state index in [2.05, 4.69) is 37.2 Å². The van der Waals surface area contributed by atoms with E-state index in [0.29, 0.717) is 27.2 Å². The summed E-state index contributed by atoms with van der Waals surface area (Å²) in [6.45, 7) is 0. The van der Waals surface area contributed by atoms with Crippen LogP contribution in [-0.2, 0) is 0 Å². The predicted octanol–water partition coefficient (Wildman–Crippen LogP) is 4.48. The van der Waals surface area contributed by atoms with Gasteiger partial charge in [0.1, 0.15) is 11.5 Å². The number of carbonyl (C=O) groups is 1. The lowest BCUT2D eigenvalue weighted by Gasteiger charge is -2.12. The minimum atomic E-state index is -0.253. The number of nitrogens with one attached hydrogen (secondary N) is 1. The first kappa shape index (κ1) is 15.9. The van der Waals surface area contributed by atoms with Gasteiger partial charge in [0.2, 0.25) is 0 Å². The molecular formula is C15H13Br2NO3. The van der Waals surface area contributed by atoms with Crippen LogP contribution in [0.5, 0.6) is 11.5 Å². The molecule has 0 aliphatic rings. The maximum absolute atomic E-state index is 12.4. The molecule has 2 aromatic carbocycles. The van der Waals surface area contributed by atoms with E-state index in [1.54, 1.807) is 44.6 Å². The van der Waals surface area contributed by atoms with E-state index in [1.165, 1.54) is 0 Å². The Morgan fingerprint density at radius 3 is 2.48 bits per heavy atom. The van der Waals surface area contributed by atoms with E-state index < -0.39 is 0 Å². The summed E-state index contributed by atoms with van der Waals surface area (Å²) in [4.78, 5) is 12.4. The van der Waals surface area contributed by atoms with Gasteiger partial charge in [-0.25, -0.2) is 0 Å². The summed E-state index contributed by atoms with van der Waals surface area (Å²) < 4.78 is 11.9. The molecule has 21 heavy (non-hydrogen) atoms. The second-order valence-corrected chi connectivity index (χ2v) is 5.91. The van der Waals surface area contributed by atoms with Crippen LogP contribution in [0, 0.1) is 0 Å². The maximum Gasteiger partial charge on any atom is 0.257 e. The summed E-state index contributed by atoms with van der Waals surface area (Å²) in [6.07, 6.45) is 0. The first-order valence-corrected chi connectivity index (χ1v) is 7.62. The van der Waals surface area contributed by atoms with Gasteiger partial charge in [-0.1, -0.05) is 15.9 Å². The number of benzene rings is 2. The quantitative estimate of drug-likeness (QED) is 0.802. The second kappa shape index (κ2) is 6.95. The molecule has 0 aromatic heterocycles. The molecule has 2 aromatic rings. The highest BCUT2D eigenvalue weighted by Crippen LogP contribution is 2.29. The zero-order valence-electron chi connectivity index (χ0n) is 11.4. The molecule has 110 valence electrons. The van der Waals surface area contributed by atoms with Crippen molar-refractivity contribution in [3.8, 4) is 11.5 Å². The molecule has 1 N–H and O–H groups in total. The Labute approximate surface area is 139 Å². The molecule has 0 saturated heterocycles. The van der Waals surface area contributed by atoms with Crippen LogP contribution < -0.4 is 14.8 Å². The topological polar surface area (TPSA) is 47.6 Å². The average Bonchev–Trinajstić information content (AvgIpc) is 2.48. The third-order valence-corrected chi connectivity index (χ3v) is 4.01. The molecule has 0 bridgehead atoms. The lowest BCUT2D eigenvalue weighted by Crippen LogP contribution is -2.13. The summed E-state index contributed by atoms with van der Waals surface area (Å²) in [6, 6.07) is 10.6. The molecule has 0 heterocycles. The fourth-order valence-corrected chi connectivity index (χ4v) is 2.56. The molecule has 2 rings (SSSR count). The SMILES string of the molecule is COc1ccc(Br)c(C(=O)Nc2cc(Br)ccc2OC)c1. The Balaban J connectivity index is 2.32. The zero-order valence-corrected chi connectivity index (χ0v) is 14.6. The Bertz CT molecular complexity index is 674. The van der Waals surface area contributed by atoms with Crippen molar-refractivity contribution in [1.82, 2.24) is 0 Å². The number of ether oxygens (including phenoxy) is 2. The maximum atomic E-state index is 12.4.